The highest BCUT2D eigenvalue weighted by atomic mass is 16.6. The molecular weight excluding hydrogens is 1490 g/mol. The third-order valence-corrected chi connectivity index (χ3v) is 23.1. The summed E-state index contributed by atoms with van der Waals surface area (Å²) >= 11 is 0. The van der Waals surface area contributed by atoms with Gasteiger partial charge in [0.25, 0.3) is 0 Å². The van der Waals surface area contributed by atoms with Gasteiger partial charge in [-0.1, -0.05) is 388 Å². The van der Waals surface area contributed by atoms with Crippen molar-refractivity contribution in [2.75, 3.05) is 52.9 Å². The quantitative estimate of drug-likeness (QED) is 0.0401. The number of carboxylic acids is 2. The van der Waals surface area contributed by atoms with E-state index in [0.29, 0.717) is 123 Å². The maximum atomic E-state index is 12.6. The molecule has 0 aliphatic rings. The van der Waals surface area contributed by atoms with Crippen molar-refractivity contribution in [2.24, 2.45) is 0 Å². The molecule has 0 heterocycles. The van der Waals surface area contributed by atoms with Crippen LogP contribution in [0.2, 0.25) is 0 Å². The third kappa shape index (κ3) is 55.5. The predicted octanol–water partition coefficient (Wildman–Crippen LogP) is 32.7. The Kier molecular flexibility index (Phi) is 66.8. The van der Waals surface area contributed by atoms with Crippen molar-refractivity contribution in [3.8, 4) is 57.5 Å². The number of hydrogen-bond acceptors (Lipinski definition) is 12. The third-order valence-electron chi connectivity index (χ3n) is 23.1. The zero-order chi connectivity index (χ0) is 85.0. The van der Waals surface area contributed by atoms with E-state index < -0.39 is 11.9 Å². The smallest absolute Gasteiger partial charge is 0.335 e. The highest BCUT2D eigenvalue weighted by Gasteiger charge is 2.21. The van der Waals surface area contributed by atoms with E-state index in [0.717, 1.165) is 94.6 Å². The first-order chi connectivity index (χ1) is 58.6. The van der Waals surface area contributed by atoms with E-state index in [2.05, 4.69) is 41.5 Å². The average molecular weight is 1660 g/mol. The van der Waals surface area contributed by atoms with E-state index in [1.807, 2.05) is 24.3 Å². The zero-order valence-corrected chi connectivity index (χ0v) is 77.2. The lowest BCUT2D eigenvalue weighted by atomic mass is 10.1. The van der Waals surface area contributed by atoms with Crippen molar-refractivity contribution >= 4 is 11.9 Å². The summed E-state index contributed by atoms with van der Waals surface area (Å²) in [5, 5.41) is 20.7. The maximum Gasteiger partial charge on any atom is 0.335 e. The minimum atomic E-state index is -1.08. The van der Waals surface area contributed by atoms with Crippen LogP contribution in [0, 0.1) is 0 Å². The first-order valence-corrected chi connectivity index (χ1v) is 50.0. The molecule has 0 saturated carbocycles. The lowest BCUT2D eigenvalue weighted by molar-refractivity contribution is 0.0685. The fourth-order valence-corrected chi connectivity index (χ4v) is 15.6. The summed E-state index contributed by atoms with van der Waals surface area (Å²) in [4.78, 5) is 25.3. The standard InChI is InChI=1S/C105H176O14/c1-7-13-19-25-31-37-43-49-55-62-72-112-98-78-90(79-99(113-73-63-56-50-44-38-32-26-20-14-8-2)102(98)116-76-66-59-53-47-41-35-29-23-17-11-5)88-118-96-84-92(104(106)107)82-94(86-96)110-70-68-61-69-71-111-95-83-93(105(108)109)85-97(87-95)119-89-91-80-100(114-74-64-57-51-45-39-33-27-21-15-9-3)103(117-77-67-60-54-48-42-36-30-24-18-12-6)101(81-91)115-75-65-58-52-46-40-34-28-22-16-10-4/h78-87H,7-77,88-89H2,1-6H3,(H,106,107)(H,108,109). The Hall–Kier alpha value is -6.18. The summed E-state index contributed by atoms with van der Waals surface area (Å²) in [5.74, 6) is 3.33. The maximum absolute atomic E-state index is 12.6. The van der Waals surface area contributed by atoms with Gasteiger partial charge >= 0.3 is 11.9 Å². The van der Waals surface area contributed by atoms with Gasteiger partial charge in [0.15, 0.2) is 23.0 Å². The van der Waals surface area contributed by atoms with Crippen LogP contribution in [0.15, 0.2) is 60.7 Å². The number of hydrogen-bond donors (Lipinski definition) is 2. The Balaban J connectivity index is 1.45. The average Bonchev–Trinajstić information content (AvgIpc) is 0.822. The molecule has 0 saturated heterocycles. The highest BCUT2D eigenvalue weighted by molar-refractivity contribution is 5.89. The van der Waals surface area contributed by atoms with Crippen LogP contribution in [0.4, 0.5) is 0 Å². The number of ether oxygens (including phenoxy) is 10. The fourth-order valence-electron chi connectivity index (χ4n) is 15.6. The number of aromatic carboxylic acids is 2. The zero-order valence-electron chi connectivity index (χ0n) is 77.2. The number of benzene rings is 4. The molecule has 0 aromatic heterocycles. The Morgan fingerprint density at radius 3 is 0.546 bits per heavy atom. The van der Waals surface area contributed by atoms with Gasteiger partial charge in [-0.15, -0.1) is 0 Å². The molecule has 0 radical (unpaired) electrons. The second-order valence-electron chi connectivity index (χ2n) is 34.4. The van der Waals surface area contributed by atoms with E-state index in [1.54, 1.807) is 24.3 Å². The molecule has 0 unspecified atom stereocenters. The summed E-state index contributed by atoms with van der Waals surface area (Å²) < 4.78 is 65.7. The van der Waals surface area contributed by atoms with E-state index >= 15 is 0 Å². The van der Waals surface area contributed by atoms with Gasteiger partial charge in [-0.3, -0.25) is 0 Å². The lowest BCUT2D eigenvalue weighted by Gasteiger charge is -2.19. The summed E-state index contributed by atoms with van der Waals surface area (Å²) in [6.45, 7) is 18.0. The van der Waals surface area contributed by atoms with E-state index in [1.165, 1.54) is 320 Å². The van der Waals surface area contributed by atoms with Gasteiger partial charge in [-0.05, 0) is 117 Å². The molecule has 4 rings (SSSR count). The number of unbranched alkanes of at least 4 members (excludes halogenated alkanes) is 56. The SMILES string of the molecule is CCCCCCCCCCCCOc1cc(COc2cc(OCCCCCOc3cc(OCc4cc(OCCCCCCCCCCCC)c(OCCCCCCCCCCCC)c(OCCCCCCCCCCCC)c4)cc(C(=O)O)c3)cc(C(=O)O)c2)cc(OCCCCCCCCCCCC)c1OCCCCCCCCCCCC. The predicted molar refractivity (Wildman–Crippen MR) is 497 cm³/mol. The second-order valence-corrected chi connectivity index (χ2v) is 34.4. The van der Waals surface area contributed by atoms with Gasteiger partial charge in [0, 0.05) is 12.1 Å². The highest BCUT2D eigenvalue weighted by Crippen LogP contribution is 2.42. The topological polar surface area (TPSA) is 167 Å². The number of carboxylic acid groups (broad SMARTS) is 2. The van der Waals surface area contributed by atoms with Crippen molar-refractivity contribution in [1.29, 1.82) is 0 Å². The van der Waals surface area contributed by atoms with Crippen LogP contribution >= 0.6 is 0 Å². The van der Waals surface area contributed by atoms with Gasteiger partial charge in [-0.25, -0.2) is 9.59 Å². The Labute approximate surface area is 727 Å². The molecule has 0 bridgehead atoms. The summed E-state index contributed by atoms with van der Waals surface area (Å²) in [5.41, 5.74) is 1.80. The van der Waals surface area contributed by atoms with Crippen LogP contribution in [0.3, 0.4) is 0 Å². The molecule has 119 heavy (non-hydrogen) atoms. The van der Waals surface area contributed by atoms with Gasteiger partial charge < -0.3 is 57.6 Å². The van der Waals surface area contributed by atoms with Gasteiger partial charge in [0.1, 0.15) is 36.2 Å². The van der Waals surface area contributed by atoms with Crippen LogP contribution in [-0.2, 0) is 13.2 Å². The first kappa shape index (κ1) is 105. The molecule has 2 N–H and O–H groups in total. The first-order valence-electron chi connectivity index (χ1n) is 50.0. The molecule has 4 aromatic rings. The van der Waals surface area contributed by atoms with Crippen molar-refractivity contribution in [2.45, 2.75) is 459 Å². The molecule has 680 valence electrons. The van der Waals surface area contributed by atoms with E-state index in [9.17, 15) is 19.8 Å². The van der Waals surface area contributed by atoms with Gasteiger partial charge in [-0.2, -0.15) is 0 Å². The minimum Gasteiger partial charge on any atom is -0.493 e. The normalized spacial score (nSPS) is 11.3. The summed E-state index contributed by atoms with van der Waals surface area (Å²) in [6, 6.07) is 17.7. The second kappa shape index (κ2) is 75.6. The molecule has 0 aliphatic heterocycles. The van der Waals surface area contributed by atoms with E-state index in [4.69, 9.17) is 47.4 Å². The van der Waals surface area contributed by atoms with Gasteiger partial charge in [0.2, 0.25) is 11.5 Å². The minimum absolute atomic E-state index is 0.0641. The van der Waals surface area contributed by atoms with Gasteiger partial charge in [0.05, 0.1) is 64.0 Å². The lowest BCUT2D eigenvalue weighted by Crippen LogP contribution is -2.08. The molecule has 14 nitrogen and oxygen atoms in total. The van der Waals surface area contributed by atoms with Crippen molar-refractivity contribution in [3.05, 3.63) is 82.9 Å². The van der Waals surface area contributed by atoms with Crippen LogP contribution in [0.5, 0.6) is 57.5 Å². The van der Waals surface area contributed by atoms with Crippen LogP contribution in [-0.4, -0.2) is 75.0 Å². The molecule has 0 atom stereocenters. The summed E-state index contributed by atoms with van der Waals surface area (Å²) in [7, 11) is 0. The Morgan fingerprint density at radius 2 is 0.353 bits per heavy atom. The molecule has 4 aromatic carbocycles. The Bertz CT molecular complexity index is 2740. The Morgan fingerprint density at radius 1 is 0.193 bits per heavy atom. The molecule has 14 heteroatoms. The monoisotopic (exact) mass is 1660 g/mol. The molecule has 0 amide bonds. The largest absolute Gasteiger partial charge is 0.493 e. The van der Waals surface area contributed by atoms with Crippen LogP contribution < -0.4 is 47.4 Å². The molecule has 0 fully saturated rings. The molecule has 0 spiro atoms. The van der Waals surface area contributed by atoms with Crippen molar-refractivity contribution < 1.29 is 67.2 Å². The van der Waals surface area contributed by atoms with Crippen LogP contribution in [0.1, 0.15) is 478 Å². The van der Waals surface area contributed by atoms with Crippen molar-refractivity contribution in [1.82, 2.24) is 0 Å². The number of carbonyl (C=O) groups is 2. The molecule has 0 aliphatic carbocycles. The van der Waals surface area contributed by atoms with Crippen molar-refractivity contribution in [3.63, 3.8) is 0 Å². The van der Waals surface area contributed by atoms with Crippen LogP contribution in [0.25, 0.3) is 0 Å². The number of rotatable bonds is 88. The summed E-state index contributed by atoms with van der Waals surface area (Å²) in [6.07, 6.45) is 76.6. The van der Waals surface area contributed by atoms with E-state index in [-0.39, 0.29) is 24.3 Å². The molecular formula is C105H176O14. The fraction of sp³-hybridized carbons (Fsp3) is 0.752.